The number of hydrogen-bond donors (Lipinski definition) is 2. The predicted octanol–water partition coefficient (Wildman–Crippen LogP) is 2.32. The van der Waals surface area contributed by atoms with Crippen molar-refractivity contribution < 1.29 is 9.53 Å². The number of methoxy groups -OCH3 is 1. The SMILES string of the molecule is COc1ccc(C2(C(=O)N(C)CC3C(C)NNC3C)CC2(C)C)cc1. The number of likely N-dealkylation sites (N-methyl/N-ethyl adjacent to an activating group) is 1. The molecule has 25 heavy (non-hydrogen) atoms. The minimum atomic E-state index is -0.417. The first-order valence-corrected chi connectivity index (χ1v) is 9.14. The first-order chi connectivity index (χ1) is 11.7. The molecule has 1 aliphatic carbocycles. The number of carbonyl (C=O) groups excluding carboxylic acids is 1. The van der Waals surface area contributed by atoms with E-state index in [1.165, 1.54) is 0 Å². The zero-order valence-electron chi connectivity index (χ0n) is 16.2. The lowest BCUT2D eigenvalue weighted by Gasteiger charge is -2.30. The largest absolute Gasteiger partial charge is 0.497 e. The first-order valence-electron chi connectivity index (χ1n) is 9.14. The number of benzene rings is 1. The highest BCUT2D eigenvalue weighted by molar-refractivity contribution is 5.93. The average molecular weight is 345 g/mol. The van der Waals surface area contributed by atoms with Gasteiger partial charge in [0.25, 0.3) is 0 Å². The second kappa shape index (κ2) is 6.29. The van der Waals surface area contributed by atoms with Crippen molar-refractivity contribution in [3.63, 3.8) is 0 Å². The molecule has 2 aliphatic rings. The van der Waals surface area contributed by atoms with E-state index in [9.17, 15) is 4.79 Å². The fourth-order valence-corrected chi connectivity index (χ4v) is 4.43. The van der Waals surface area contributed by atoms with Gasteiger partial charge in [-0.1, -0.05) is 26.0 Å². The second-order valence-electron chi connectivity index (χ2n) is 8.41. The molecule has 2 N–H and O–H groups in total. The lowest BCUT2D eigenvalue weighted by molar-refractivity contribution is -0.134. The van der Waals surface area contributed by atoms with Gasteiger partial charge in [0.05, 0.1) is 12.5 Å². The van der Waals surface area contributed by atoms with Crippen molar-refractivity contribution in [2.45, 2.75) is 51.6 Å². The van der Waals surface area contributed by atoms with Gasteiger partial charge in [-0.15, -0.1) is 0 Å². The minimum Gasteiger partial charge on any atom is -0.497 e. The summed E-state index contributed by atoms with van der Waals surface area (Å²) in [7, 11) is 3.61. The minimum absolute atomic E-state index is 0.0175. The van der Waals surface area contributed by atoms with Crippen molar-refractivity contribution in [2.24, 2.45) is 11.3 Å². The monoisotopic (exact) mass is 345 g/mol. The van der Waals surface area contributed by atoms with Crippen LogP contribution in [0.1, 0.15) is 39.7 Å². The van der Waals surface area contributed by atoms with Gasteiger partial charge in [-0.2, -0.15) is 0 Å². The van der Waals surface area contributed by atoms with Crippen LogP contribution in [-0.2, 0) is 10.2 Å². The molecule has 1 aliphatic heterocycles. The van der Waals surface area contributed by atoms with E-state index in [4.69, 9.17) is 4.74 Å². The summed E-state index contributed by atoms with van der Waals surface area (Å²) < 4.78 is 5.27. The Bertz CT molecular complexity index is 633. The van der Waals surface area contributed by atoms with Crippen molar-refractivity contribution in [1.29, 1.82) is 0 Å². The molecule has 1 aromatic rings. The molecular formula is C20H31N3O2. The van der Waals surface area contributed by atoms with Crippen molar-refractivity contribution in [2.75, 3.05) is 20.7 Å². The fraction of sp³-hybridized carbons (Fsp3) is 0.650. The molecule has 5 nitrogen and oxygen atoms in total. The third-order valence-corrected chi connectivity index (χ3v) is 6.34. The van der Waals surface area contributed by atoms with E-state index in [1.807, 2.05) is 36.2 Å². The van der Waals surface area contributed by atoms with Crippen molar-refractivity contribution in [3.8, 4) is 5.75 Å². The van der Waals surface area contributed by atoms with Crippen molar-refractivity contribution >= 4 is 5.91 Å². The standard InChI is InChI=1S/C20H31N3O2/c1-13-17(14(2)22-21-13)11-23(5)18(24)20(12-19(20,3)4)15-7-9-16(25-6)10-8-15/h7-10,13-14,17,21-22H,11-12H2,1-6H3. The molecule has 0 radical (unpaired) electrons. The molecule has 1 amide bonds. The molecule has 0 bridgehead atoms. The van der Waals surface area contributed by atoms with Gasteiger partial charge in [0.1, 0.15) is 5.75 Å². The number of hydrogen-bond acceptors (Lipinski definition) is 4. The molecule has 0 spiro atoms. The summed E-state index contributed by atoms with van der Waals surface area (Å²) in [5.74, 6) is 1.46. The van der Waals surface area contributed by atoms with E-state index < -0.39 is 5.41 Å². The summed E-state index contributed by atoms with van der Waals surface area (Å²) in [4.78, 5) is 15.4. The molecule has 3 rings (SSSR count). The van der Waals surface area contributed by atoms with E-state index in [2.05, 4.69) is 38.5 Å². The third-order valence-electron chi connectivity index (χ3n) is 6.34. The van der Waals surface area contributed by atoms with Crippen molar-refractivity contribution in [3.05, 3.63) is 29.8 Å². The summed E-state index contributed by atoms with van der Waals surface area (Å²) in [6.45, 7) is 9.47. The molecule has 0 aromatic heterocycles. The molecule has 2 fully saturated rings. The molecule has 5 heteroatoms. The Labute approximate surface area is 151 Å². The molecule has 1 aromatic carbocycles. The lowest BCUT2D eigenvalue weighted by atomic mass is 9.86. The molecular weight excluding hydrogens is 314 g/mol. The highest BCUT2D eigenvalue weighted by Gasteiger charge is 2.67. The Morgan fingerprint density at radius 1 is 1.20 bits per heavy atom. The zero-order chi connectivity index (χ0) is 18.4. The van der Waals surface area contributed by atoms with Gasteiger partial charge in [-0.05, 0) is 43.4 Å². The van der Waals surface area contributed by atoms with Gasteiger partial charge in [-0.3, -0.25) is 15.6 Å². The number of nitrogens with zero attached hydrogens (tertiary/aromatic N) is 1. The van der Waals surface area contributed by atoms with Gasteiger partial charge < -0.3 is 9.64 Å². The van der Waals surface area contributed by atoms with Gasteiger partial charge in [0.2, 0.25) is 5.91 Å². The molecule has 3 unspecified atom stereocenters. The normalized spacial score (nSPS) is 33.1. The number of carbonyl (C=O) groups is 1. The maximum absolute atomic E-state index is 13.5. The number of amides is 1. The smallest absolute Gasteiger partial charge is 0.233 e. The third kappa shape index (κ3) is 2.93. The van der Waals surface area contributed by atoms with Crippen LogP contribution in [0.2, 0.25) is 0 Å². The topological polar surface area (TPSA) is 53.6 Å². The molecule has 3 atom stereocenters. The van der Waals surface area contributed by atoms with Crippen LogP contribution in [0.4, 0.5) is 0 Å². The summed E-state index contributed by atoms with van der Waals surface area (Å²) in [6.07, 6.45) is 0.891. The number of ether oxygens (including phenoxy) is 1. The van der Waals surface area contributed by atoms with Gasteiger partial charge in [0.15, 0.2) is 0 Å². The Hall–Kier alpha value is -1.59. The van der Waals surface area contributed by atoms with E-state index in [1.54, 1.807) is 7.11 Å². The van der Waals surface area contributed by atoms with Gasteiger partial charge in [0, 0.05) is 31.6 Å². The van der Waals surface area contributed by atoms with E-state index >= 15 is 0 Å². The lowest BCUT2D eigenvalue weighted by Crippen LogP contribution is -2.44. The number of rotatable bonds is 5. The van der Waals surface area contributed by atoms with Crippen LogP contribution < -0.4 is 15.6 Å². The number of hydrazine groups is 1. The average Bonchev–Trinajstić information content (AvgIpc) is 3.06. The van der Waals surface area contributed by atoms with Gasteiger partial charge >= 0.3 is 0 Å². The van der Waals surface area contributed by atoms with E-state index in [0.717, 1.165) is 24.3 Å². The molecule has 138 valence electrons. The summed E-state index contributed by atoms with van der Waals surface area (Å²) >= 11 is 0. The van der Waals surface area contributed by atoms with Crippen LogP contribution in [0.3, 0.4) is 0 Å². The Kier molecular flexibility index (Phi) is 4.58. The highest BCUT2D eigenvalue weighted by atomic mass is 16.5. The number of nitrogens with one attached hydrogen (secondary N) is 2. The van der Waals surface area contributed by atoms with Crippen molar-refractivity contribution in [1.82, 2.24) is 15.8 Å². The van der Waals surface area contributed by atoms with Crippen LogP contribution in [0.5, 0.6) is 5.75 Å². The quantitative estimate of drug-likeness (QED) is 0.860. The fourth-order valence-electron chi connectivity index (χ4n) is 4.43. The predicted molar refractivity (Wildman–Crippen MR) is 99.4 cm³/mol. The van der Waals surface area contributed by atoms with E-state index in [-0.39, 0.29) is 11.3 Å². The first kappa shape index (κ1) is 18.2. The van der Waals surface area contributed by atoms with Crippen LogP contribution in [0.15, 0.2) is 24.3 Å². The van der Waals surface area contributed by atoms with Crippen LogP contribution in [0, 0.1) is 11.3 Å². The van der Waals surface area contributed by atoms with E-state index in [0.29, 0.717) is 18.0 Å². The van der Waals surface area contributed by atoms with Crippen LogP contribution in [0.25, 0.3) is 0 Å². The zero-order valence-corrected chi connectivity index (χ0v) is 16.2. The van der Waals surface area contributed by atoms with Gasteiger partial charge in [-0.25, -0.2) is 0 Å². The van der Waals surface area contributed by atoms with Crippen LogP contribution >= 0.6 is 0 Å². The highest BCUT2D eigenvalue weighted by Crippen LogP contribution is 2.65. The summed E-state index contributed by atoms with van der Waals surface area (Å²) in [6, 6.07) is 8.71. The maximum Gasteiger partial charge on any atom is 0.233 e. The summed E-state index contributed by atoms with van der Waals surface area (Å²) in [5, 5.41) is 0. The Morgan fingerprint density at radius 2 is 1.72 bits per heavy atom. The molecule has 1 heterocycles. The molecule has 1 saturated carbocycles. The van der Waals surface area contributed by atoms with Crippen LogP contribution in [-0.4, -0.2) is 43.6 Å². The summed E-state index contributed by atoms with van der Waals surface area (Å²) in [5.41, 5.74) is 7.22. The maximum atomic E-state index is 13.5. The second-order valence-corrected chi connectivity index (χ2v) is 8.41. The Morgan fingerprint density at radius 3 is 2.16 bits per heavy atom. The Balaban J connectivity index is 1.81. The molecule has 1 saturated heterocycles.